The summed E-state index contributed by atoms with van der Waals surface area (Å²) in [6, 6.07) is 7.80. The van der Waals surface area contributed by atoms with Crippen molar-refractivity contribution < 1.29 is 14.3 Å². The molecule has 1 N–H and O–H groups in total. The second-order valence-electron chi connectivity index (χ2n) is 4.83. The first-order valence-electron chi connectivity index (χ1n) is 6.47. The largest absolute Gasteiger partial charge is 0.496 e. The van der Waals surface area contributed by atoms with Crippen molar-refractivity contribution in [2.75, 3.05) is 7.11 Å². The van der Waals surface area contributed by atoms with Gasteiger partial charge in [-0.05, 0) is 49.6 Å². The molecule has 0 bridgehead atoms. The Bertz CT molecular complexity index is 529. The number of furan rings is 1. The average Bonchev–Trinajstić information content (AvgIpc) is 2.88. The van der Waals surface area contributed by atoms with E-state index in [4.69, 9.17) is 9.15 Å². The van der Waals surface area contributed by atoms with Gasteiger partial charge in [0, 0.05) is 12.0 Å². The third-order valence-corrected chi connectivity index (χ3v) is 3.29. The number of aliphatic hydroxyl groups is 1. The van der Waals surface area contributed by atoms with Crippen molar-refractivity contribution >= 4 is 0 Å². The van der Waals surface area contributed by atoms with Crippen LogP contribution < -0.4 is 4.74 Å². The highest BCUT2D eigenvalue weighted by atomic mass is 16.5. The topological polar surface area (TPSA) is 42.6 Å². The molecule has 0 amide bonds. The standard InChI is InChI=1S/C16H20O3/c1-11-9-12(2)16(15(10-11)18-3)14(17)7-6-13-5-4-8-19-13/h4-5,8-10,14,17H,6-7H2,1-3H3. The smallest absolute Gasteiger partial charge is 0.125 e. The Morgan fingerprint density at radius 2 is 2.11 bits per heavy atom. The fourth-order valence-electron chi connectivity index (χ4n) is 2.41. The van der Waals surface area contributed by atoms with Crippen LogP contribution >= 0.6 is 0 Å². The summed E-state index contributed by atoms with van der Waals surface area (Å²) >= 11 is 0. The molecule has 1 aromatic carbocycles. The molecule has 0 saturated carbocycles. The summed E-state index contributed by atoms with van der Waals surface area (Å²) in [5, 5.41) is 10.4. The molecular formula is C16H20O3. The van der Waals surface area contributed by atoms with E-state index in [1.54, 1.807) is 13.4 Å². The van der Waals surface area contributed by atoms with E-state index in [9.17, 15) is 5.11 Å². The van der Waals surface area contributed by atoms with E-state index in [1.807, 2.05) is 32.0 Å². The average molecular weight is 260 g/mol. The number of benzene rings is 1. The maximum absolute atomic E-state index is 10.4. The van der Waals surface area contributed by atoms with Gasteiger partial charge in [-0.2, -0.15) is 0 Å². The van der Waals surface area contributed by atoms with Gasteiger partial charge in [0.1, 0.15) is 11.5 Å². The van der Waals surface area contributed by atoms with Crippen LogP contribution in [-0.2, 0) is 6.42 Å². The van der Waals surface area contributed by atoms with Crippen molar-refractivity contribution in [2.24, 2.45) is 0 Å². The second kappa shape index (κ2) is 5.93. The summed E-state index contributed by atoms with van der Waals surface area (Å²) < 4.78 is 10.7. The third-order valence-electron chi connectivity index (χ3n) is 3.29. The molecule has 3 nitrogen and oxygen atoms in total. The molecule has 0 aliphatic carbocycles. The predicted octanol–water partition coefficient (Wildman–Crippen LogP) is 3.57. The molecule has 0 fully saturated rings. The molecule has 0 spiro atoms. The lowest BCUT2D eigenvalue weighted by atomic mass is 9.96. The summed E-state index contributed by atoms with van der Waals surface area (Å²) in [7, 11) is 1.64. The Morgan fingerprint density at radius 1 is 1.32 bits per heavy atom. The highest BCUT2D eigenvalue weighted by Gasteiger charge is 2.17. The van der Waals surface area contributed by atoms with Gasteiger partial charge in [0.15, 0.2) is 0 Å². The Balaban J connectivity index is 2.16. The Morgan fingerprint density at radius 3 is 2.74 bits per heavy atom. The lowest BCUT2D eigenvalue weighted by Gasteiger charge is -2.18. The van der Waals surface area contributed by atoms with E-state index in [2.05, 4.69) is 6.07 Å². The minimum atomic E-state index is -0.541. The zero-order valence-electron chi connectivity index (χ0n) is 11.6. The quantitative estimate of drug-likeness (QED) is 0.893. The first-order chi connectivity index (χ1) is 9.11. The number of hydrogen-bond donors (Lipinski definition) is 1. The van der Waals surface area contributed by atoms with Crippen LogP contribution in [0.1, 0.15) is 35.0 Å². The van der Waals surface area contributed by atoms with Gasteiger partial charge in [-0.25, -0.2) is 0 Å². The molecule has 1 heterocycles. The first-order valence-corrected chi connectivity index (χ1v) is 6.47. The SMILES string of the molecule is COc1cc(C)cc(C)c1C(O)CCc1ccco1. The number of hydrogen-bond acceptors (Lipinski definition) is 3. The highest BCUT2D eigenvalue weighted by Crippen LogP contribution is 2.32. The van der Waals surface area contributed by atoms with Crippen LogP contribution in [0.2, 0.25) is 0 Å². The van der Waals surface area contributed by atoms with Gasteiger partial charge in [0.25, 0.3) is 0 Å². The molecule has 0 radical (unpaired) electrons. The minimum Gasteiger partial charge on any atom is -0.496 e. The van der Waals surface area contributed by atoms with Gasteiger partial charge in [-0.1, -0.05) is 6.07 Å². The zero-order chi connectivity index (χ0) is 13.8. The number of aliphatic hydroxyl groups excluding tert-OH is 1. The molecule has 1 aromatic heterocycles. The molecule has 2 rings (SSSR count). The second-order valence-corrected chi connectivity index (χ2v) is 4.83. The number of methoxy groups -OCH3 is 1. The van der Waals surface area contributed by atoms with Crippen molar-refractivity contribution in [1.29, 1.82) is 0 Å². The van der Waals surface area contributed by atoms with Crippen molar-refractivity contribution in [2.45, 2.75) is 32.8 Å². The van der Waals surface area contributed by atoms with Gasteiger partial charge in [0.2, 0.25) is 0 Å². The van der Waals surface area contributed by atoms with Crippen LogP contribution in [-0.4, -0.2) is 12.2 Å². The van der Waals surface area contributed by atoms with Crippen LogP contribution in [0.3, 0.4) is 0 Å². The molecule has 3 heteroatoms. The maximum atomic E-state index is 10.4. The van der Waals surface area contributed by atoms with Crippen molar-refractivity contribution in [1.82, 2.24) is 0 Å². The summed E-state index contributed by atoms with van der Waals surface area (Å²) in [5.41, 5.74) is 3.07. The summed E-state index contributed by atoms with van der Waals surface area (Å²) in [6.07, 6.45) is 2.44. The number of ether oxygens (including phenoxy) is 1. The monoisotopic (exact) mass is 260 g/mol. The highest BCUT2D eigenvalue weighted by molar-refractivity contribution is 5.44. The Labute approximate surface area is 113 Å². The molecule has 0 aliphatic heterocycles. The van der Waals surface area contributed by atoms with Gasteiger partial charge in [0.05, 0.1) is 19.5 Å². The molecule has 1 atom stereocenters. The number of rotatable bonds is 5. The van der Waals surface area contributed by atoms with Crippen molar-refractivity contribution in [3.05, 3.63) is 53.0 Å². The number of aryl methyl sites for hydroxylation is 3. The summed E-state index contributed by atoms with van der Waals surface area (Å²) in [6.45, 7) is 4.02. The predicted molar refractivity (Wildman–Crippen MR) is 74.5 cm³/mol. The van der Waals surface area contributed by atoms with E-state index in [0.717, 1.165) is 28.2 Å². The van der Waals surface area contributed by atoms with E-state index in [0.29, 0.717) is 12.8 Å². The van der Waals surface area contributed by atoms with E-state index in [1.165, 1.54) is 0 Å². The van der Waals surface area contributed by atoms with Crippen LogP contribution in [0.25, 0.3) is 0 Å². The van der Waals surface area contributed by atoms with Crippen molar-refractivity contribution in [3.63, 3.8) is 0 Å². The van der Waals surface area contributed by atoms with Crippen molar-refractivity contribution in [3.8, 4) is 5.75 Å². The molecular weight excluding hydrogens is 240 g/mol. The van der Waals surface area contributed by atoms with Gasteiger partial charge < -0.3 is 14.3 Å². The molecule has 1 unspecified atom stereocenters. The van der Waals surface area contributed by atoms with E-state index in [-0.39, 0.29) is 0 Å². The Hall–Kier alpha value is -1.74. The lowest BCUT2D eigenvalue weighted by molar-refractivity contribution is 0.160. The molecule has 102 valence electrons. The lowest BCUT2D eigenvalue weighted by Crippen LogP contribution is -2.05. The van der Waals surface area contributed by atoms with Crippen LogP contribution in [0.15, 0.2) is 34.9 Å². The van der Waals surface area contributed by atoms with Gasteiger partial charge >= 0.3 is 0 Å². The maximum Gasteiger partial charge on any atom is 0.125 e. The van der Waals surface area contributed by atoms with Gasteiger partial charge in [-0.15, -0.1) is 0 Å². The fraction of sp³-hybridized carbons (Fsp3) is 0.375. The molecule has 0 saturated heterocycles. The molecule has 2 aromatic rings. The van der Waals surface area contributed by atoms with Crippen LogP contribution in [0, 0.1) is 13.8 Å². The van der Waals surface area contributed by atoms with Gasteiger partial charge in [-0.3, -0.25) is 0 Å². The normalized spacial score (nSPS) is 12.4. The summed E-state index contributed by atoms with van der Waals surface area (Å²) in [4.78, 5) is 0. The first kappa shape index (κ1) is 13.7. The minimum absolute atomic E-state index is 0.541. The molecule has 19 heavy (non-hydrogen) atoms. The van der Waals surface area contributed by atoms with E-state index < -0.39 is 6.10 Å². The fourth-order valence-corrected chi connectivity index (χ4v) is 2.41. The van der Waals surface area contributed by atoms with Crippen LogP contribution in [0.5, 0.6) is 5.75 Å². The van der Waals surface area contributed by atoms with E-state index >= 15 is 0 Å². The Kier molecular flexibility index (Phi) is 4.27. The van der Waals surface area contributed by atoms with Crippen LogP contribution in [0.4, 0.5) is 0 Å². The summed E-state index contributed by atoms with van der Waals surface area (Å²) in [5.74, 6) is 1.65. The zero-order valence-corrected chi connectivity index (χ0v) is 11.6. The molecule has 0 aliphatic rings. The third kappa shape index (κ3) is 3.18.